The zero-order valence-electron chi connectivity index (χ0n) is 12.9. The van der Waals surface area contributed by atoms with Crippen LogP contribution in [0.3, 0.4) is 0 Å². The van der Waals surface area contributed by atoms with Crippen molar-refractivity contribution in [1.82, 2.24) is 5.43 Å². The van der Waals surface area contributed by atoms with E-state index in [1.165, 1.54) is 19.4 Å². The average Bonchev–Trinajstić information content (AvgIpc) is 2.54. The van der Waals surface area contributed by atoms with Gasteiger partial charge in [-0.2, -0.15) is 5.10 Å². The van der Waals surface area contributed by atoms with Gasteiger partial charge in [-0.15, -0.1) is 0 Å². The summed E-state index contributed by atoms with van der Waals surface area (Å²) in [5.41, 5.74) is 4.10. The molecule has 0 spiro atoms. The van der Waals surface area contributed by atoms with E-state index in [1.807, 2.05) is 19.1 Å². The van der Waals surface area contributed by atoms with Gasteiger partial charge in [-0.25, -0.2) is 5.43 Å². The molecule has 2 aromatic carbocycles. The first-order chi connectivity index (χ1) is 11.1. The number of carbonyl (C=O) groups is 1. The maximum atomic E-state index is 11.6. The fourth-order valence-electron chi connectivity index (χ4n) is 1.78. The van der Waals surface area contributed by atoms with Crippen molar-refractivity contribution in [2.45, 2.75) is 6.92 Å². The first-order valence-electron chi connectivity index (χ1n) is 6.97. The molecule has 2 N–H and O–H groups in total. The molecule has 0 saturated carbocycles. The number of amides is 1. The molecule has 23 heavy (non-hydrogen) atoms. The monoisotopic (exact) mass is 314 g/mol. The average molecular weight is 314 g/mol. The lowest BCUT2D eigenvalue weighted by molar-refractivity contribution is -0.123. The molecule has 2 rings (SSSR count). The highest BCUT2D eigenvalue weighted by Crippen LogP contribution is 2.25. The van der Waals surface area contributed by atoms with Gasteiger partial charge in [-0.1, -0.05) is 17.7 Å². The Morgan fingerprint density at radius 2 is 2.00 bits per heavy atom. The van der Waals surface area contributed by atoms with E-state index in [0.29, 0.717) is 17.1 Å². The van der Waals surface area contributed by atoms with Crippen molar-refractivity contribution >= 4 is 12.1 Å². The number of aryl methyl sites for hydroxylation is 1. The highest BCUT2D eigenvalue weighted by molar-refractivity contribution is 5.83. The van der Waals surface area contributed by atoms with Crippen LogP contribution in [-0.2, 0) is 4.79 Å². The molecule has 0 aromatic heterocycles. The Bertz CT molecular complexity index is 696. The van der Waals surface area contributed by atoms with Gasteiger partial charge in [0.2, 0.25) is 0 Å². The Morgan fingerprint density at radius 3 is 2.65 bits per heavy atom. The quantitative estimate of drug-likeness (QED) is 0.633. The second-order valence-corrected chi connectivity index (χ2v) is 4.83. The number of methoxy groups -OCH3 is 1. The second-order valence-electron chi connectivity index (χ2n) is 4.83. The van der Waals surface area contributed by atoms with Crippen LogP contribution in [0, 0.1) is 6.92 Å². The van der Waals surface area contributed by atoms with Gasteiger partial charge in [0.05, 0.1) is 13.3 Å². The molecule has 0 fully saturated rings. The van der Waals surface area contributed by atoms with Crippen LogP contribution in [-0.4, -0.2) is 30.9 Å². The minimum absolute atomic E-state index is 0.00507. The first kappa shape index (κ1) is 16.4. The van der Waals surface area contributed by atoms with Gasteiger partial charge in [-0.3, -0.25) is 4.79 Å². The molecular weight excluding hydrogens is 296 g/mol. The molecule has 0 bridgehead atoms. The van der Waals surface area contributed by atoms with Crippen LogP contribution in [0.1, 0.15) is 11.1 Å². The zero-order valence-corrected chi connectivity index (χ0v) is 12.9. The third-order valence-corrected chi connectivity index (χ3v) is 3.00. The number of benzene rings is 2. The van der Waals surface area contributed by atoms with Crippen LogP contribution in [0.25, 0.3) is 0 Å². The topological polar surface area (TPSA) is 80.2 Å². The van der Waals surface area contributed by atoms with Gasteiger partial charge in [0.1, 0.15) is 5.75 Å². The molecule has 0 aliphatic heterocycles. The number of hydrogen-bond donors (Lipinski definition) is 2. The van der Waals surface area contributed by atoms with Gasteiger partial charge in [0, 0.05) is 0 Å². The summed E-state index contributed by atoms with van der Waals surface area (Å²) in [6.45, 7) is 1.84. The maximum Gasteiger partial charge on any atom is 0.277 e. The molecule has 0 atom stereocenters. The largest absolute Gasteiger partial charge is 0.504 e. The van der Waals surface area contributed by atoms with Gasteiger partial charge in [0.15, 0.2) is 18.1 Å². The van der Waals surface area contributed by atoms with Crippen molar-refractivity contribution in [2.75, 3.05) is 13.7 Å². The molecule has 0 unspecified atom stereocenters. The Hall–Kier alpha value is -3.02. The van der Waals surface area contributed by atoms with Crippen molar-refractivity contribution in [1.29, 1.82) is 0 Å². The summed E-state index contributed by atoms with van der Waals surface area (Å²) in [5, 5.41) is 13.4. The maximum absolute atomic E-state index is 11.6. The molecule has 6 nitrogen and oxygen atoms in total. The normalized spacial score (nSPS) is 10.5. The standard InChI is InChI=1S/C17H18N2O4/c1-12-3-6-14(7-4-12)23-11-17(21)19-18-10-13-5-8-16(22-2)15(20)9-13/h3-10,20H,11H2,1-2H3,(H,19,21)/b18-10+. The Morgan fingerprint density at radius 1 is 1.26 bits per heavy atom. The van der Waals surface area contributed by atoms with E-state index in [1.54, 1.807) is 24.3 Å². The molecule has 6 heteroatoms. The SMILES string of the molecule is COc1ccc(/C=N/NC(=O)COc2ccc(C)cc2)cc1O. The molecule has 0 saturated heterocycles. The number of hydrogen-bond acceptors (Lipinski definition) is 5. The van der Waals surface area contributed by atoms with Crippen LogP contribution in [0.2, 0.25) is 0 Å². The van der Waals surface area contributed by atoms with E-state index in [4.69, 9.17) is 9.47 Å². The van der Waals surface area contributed by atoms with E-state index in [0.717, 1.165) is 5.56 Å². The highest BCUT2D eigenvalue weighted by atomic mass is 16.5. The number of carbonyl (C=O) groups excluding carboxylic acids is 1. The molecule has 120 valence electrons. The summed E-state index contributed by atoms with van der Waals surface area (Å²) in [6.07, 6.45) is 1.42. The van der Waals surface area contributed by atoms with Crippen molar-refractivity contribution in [3.8, 4) is 17.2 Å². The van der Waals surface area contributed by atoms with Crippen molar-refractivity contribution < 1.29 is 19.4 Å². The van der Waals surface area contributed by atoms with Crippen LogP contribution in [0.15, 0.2) is 47.6 Å². The molecule has 2 aromatic rings. The molecule has 0 aliphatic carbocycles. The predicted molar refractivity (Wildman–Crippen MR) is 87.1 cm³/mol. The fraction of sp³-hybridized carbons (Fsp3) is 0.176. The predicted octanol–water partition coefficient (Wildman–Crippen LogP) is 2.24. The highest BCUT2D eigenvalue weighted by Gasteiger charge is 2.02. The number of nitrogens with one attached hydrogen (secondary N) is 1. The smallest absolute Gasteiger partial charge is 0.277 e. The fourth-order valence-corrected chi connectivity index (χ4v) is 1.78. The Labute approximate surface area is 134 Å². The summed E-state index contributed by atoms with van der Waals surface area (Å²) in [7, 11) is 1.47. The lowest BCUT2D eigenvalue weighted by Crippen LogP contribution is -2.24. The third kappa shape index (κ3) is 5.03. The van der Waals surface area contributed by atoms with Crippen molar-refractivity contribution in [3.05, 3.63) is 53.6 Å². The molecule has 1 amide bonds. The molecular formula is C17H18N2O4. The van der Waals surface area contributed by atoms with E-state index >= 15 is 0 Å². The third-order valence-electron chi connectivity index (χ3n) is 3.00. The van der Waals surface area contributed by atoms with E-state index < -0.39 is 0 Å². The molecule has 0 heterocycles. The minimum Gasteiger partial charge on any atom is -0.504 e. The molecule has 0 aliphatic rings. The second kappa shape index (κ2) is 7.84. The summed E-state index contributed by atoms with van der Waals surface area (Å²) in [4.78, 5) is 11.6. The summed E-state index contributed by atoms with van der Waals surface area (Å²) < 4.78 is 10.3. The minimum atomic E-state index is -0.375. The van der Waals surface area contributed by atoms with E-state index in [-0.39, 0.29) is 18.3 Å². The Kier molecular flexibility index (Phi) is 5.57. The number of ether oxygens (including phenoxy) is 2. The lowest BCUT2D eigenvalue weighted by Gasteiger charge is -2.05. The van der Waals surface area contributed by atoms with Crippen LogP contribution in [0.5, 0.6) is 17.2 Å². The molecule has 0 radical (unpaired) electrons. The number of phenols is 1. The van der Waals surface area contributed by atoms with E-state index in [2.05, 4.69) is 10.5 Å². The summed E-state index contributed by atoms with van der Waals surface area (Å²) in [5.74, 6) is 0.623. The lowest BCUT2D eigenvalue weighted by atomic mass is 10.2. The van der Waals surface area contributed by atoms with Crippen molar-refractivity contribution in [2.24, 2.45) is 5.10 Å². The van der Waals surface area contributed by atoms with Crippen LogP contribution >= 0.6 is 0 Å². The van der Waals surface area contributed by atoms with E-state index in [9.17, 15) is 9.90 Å². The summed E-state index contributed by atoms with van der Waals surface area (Å²) >= 11 is 0. The number of hydrazone groups is 1. The van der Waals surface area contributed by atoms with Gasteiger partial charge in [-0.05, 0) is 42.8 Å². The van der Waals surface area contributed by atoms with Crippen molar-refractivity contribution in [3.63, 3.8) is 0 Å². The number of aromatic hydroxyl groups is 1. The first-order valence-corrected chi connectivity index (χ1v) is 6.97. The number of phenolic OH excluding ortho intramolecular Hbond substituents is 1. The van der Waals surface area contributed by atoms with Gasteiger partial charge >= 0.3 is 0 Å². The van der Waals surface area contributed by atoms with Crippen LogP contribution < -0.4 is 14.9 Å². The Balaban J connectivity index is 1.81. The number of nitrogens with zero attached hydrogens (tertiary/aromatic N) is 1. The zero-order chi connectivity index (χ0) is 16.7. The summed E-state index contributed by atoms with van der Waals surface area (Å²) in [6, 6.07) is 12.2. The number of rotatable bonds is 6. The van der Waals surface area contributed by atoms with Gasteiger partial charge in [0.25, 0.3) is 5.91 Å². The van der Waals surface area contributed by atoms with Gasteiger partial charge < -0.3 is 14.6 Å². The van der Waals surface area contributed by atoms with Crippen LogP contribution in [0.4, 0.5) is 0 Å².